The van der Waals surface area contributed by atoms with Crippen molar-refractivity contribution >= 4 is 50.7 Å². The molecular formula is C33H41Cl2N3O7S. The molecule has 10 nitrogen and oxygen atoms in total. The largest absolute Gasteiger partial charge is 0.494 e. The molecule has 3 aromatic carbocycles. The first-order valence-electron chi connectivity index (χ1n) is 14.9. The van der Waals surface area contributed by atoms with Gasteiger partial charge in [-0.15, -0.1) is 0 Å². The summed E-state index contributed by atoms with van der Waals surface area (Å²) in [6.45, 7) is 7.07. The third-order valence-corrected chi connectivity index (χ3v) is 9.91. The minimum atomic E-state index is -4.37. The van der Waals surface area contributed by atoms with E-state index in [9.17, 15) is 18.0 Å². The van der Waals surface area contributed by atoms with Crippen LogP contribution in [0.4, 0.5) is 5.69 Å². The van der Waals surface area contributed by atoms with Crippen molar-refractivity contribution in [3.63, 3.8) is 0 Å². The van der Waals surface area contributed by atoms with Gasteiger partial charge in [0.05, 0.1) is 31.4 Å². The molecule has 0 aliphatic heterocycles. The van der Waals surface area contributed by atoms with Crippen LogP contribution in [0.15, 0.2) is 65.6 Å². The summed E-state index contributed by atoms with van der Waals surface area (Å²) in [4.78, 5) is 29.1. The molecule has 0 radical (unpaired) electrons. The molecule has 0 saturated heterocycles. The van der Waals surface area contributed by atoms with Gasteiger partial charge in [-0.3, -0.25) is 13.9 Å². The van der Waals surface area contributed by atoms with Gasteiger partial charge >= 0.3 is 0 Å². The number of sulfonamides is 1. The van der Waals surface area contributed by atoms with Crippen molar-refractivity contribution in [3.8, 4) is 17.2 Å². The Kier molecular flexibility index (Phi) is 13.4. The molecule has 0 unspecified atom stereocenters. The zero-order valence-electron chi connectivity index (χ0n) is 26.9. The third kappa shape index (κ3) is 8.77. The van der Waals surface area contributed by atoms with Crippen LogP contribution in [0.3, 0.4) is 0 Å². The predicted molar refractivity (Wildman–Crippen MR) is 181 cm³/mol. The monoisotopic (exact) mass is 693 g/mol. The van der Waals surface area contributed by atoms with E-state index in [1.165, 1.54) is 37.3 Å². The Morgan fingerprint density at radius 3 is 2.07 bits per heavy atom. The maximum atomic E-state index is 14.4. The first kappa shape index (κ1) is 36.8. The van der Waals surface area contributed by atoms with Crippen LogP contribution in [0.1, 0.15) is 46.1 Å². The van der Waals surface area contributed by atoms with Crippen molar-refractivity contribution in [3.05, 3.63) is 76.3 Å². The normalized spacial score (nSPS) is 12.5. The summed E-state index contributed by atoms with van der Waals surface area (Å²) in [5.74, 6) is 0.0583. The van der Waals surface area contributed by atoms with Crippen LogP contribution in [-0.2, 0) is 26.2 Å². The minimum absolute atomic E-state index is 0.128. The summed E-state index contributed by atoms with van der Waals surface area (Å²) in [5.41, 5.74) is 0.642. The molecule has 2 atom stereocenters. The summed E-state index contributed by atoms with van der Waals surface area (Å²) in [7, 11) is -1.53. The molecule has 0 aliphatic carbocycles. The average Bonchev–Trinajstić information content (AvgIpc) is 3.04. The molecule has 0 spiro atoms. The van der Waals surface area contributed by atoms with Gasteiger partial charge in [0.1, 0.15) is 18.3 Å². The zero-order chi connectivity index (χ0) is 34.0. The first-order valence-corrected chi connectivity index (χ1v) is 17.1. The highest BCUT2D eigenvalue weighted by atomic mass is 35.5. The quantitative estimate of drug-likeness (QED) is 0.187. The summed E-state index contributed by atoms with van der Waals surface area (Å²) in [6.07, 6.45) is 0.934. The van der Waals surface area contributed by atoms with Crippen molar-refractivity contribution in [2.75, 3.05) is 31.7 Å². The second-order valence-corrected chi connectivity index (χ2v) is 13.1. The van der Waals surface area contributed by atoms with Crippen molar-refractivity contribution in [2.45, 2.75) is 64.1 Å². The van der Waals surface area contributed by atoms with E-state index >= 15 is 0 Å². The van der Waals surface area contributed by atoms with Crippen molar-refractivity contribution in [1.29, 1.82) is 0 Å². The lowest BCUT2D eigenvalue weighted by Crippen LogP contribution is -2.53. The number of anilines is 1. The van der Waals surface area contributed by atoms with Gasteiger partial charge in [0.25, 0.3) is 10.0 Å². The highest BCUT2D eigenvalue weighted by molar-refractivity contribution is 7.92. The lowest BCUT2D eigenvalue weighted by atomic mass is 10.1. The van der Waals surface area contributed by atoms with Gasteiger partial charge in [-0.05, 0) is 75.2 Å². The number of hydrogen-bond donors (Lipinski definition) is 1. The SMILES string of the molecule is CCOc1ccc(N(CC(=O)N(Cc2c(Cl)cccc2Cl)[C@@H](CC)C(=O)N[C@H](C)CC)S(=O)(=O)c2ccc(OC)c(OC)c2)cc1. The standard InChI is InChI=1S/C33H41Cl2N3O7S/c1-7-22(4)36-33(40)29(8-2)37(20-26-27(34)11-10-12-28(26)35)32(39)21-38(23-13-15-24(16-14-23)45-9-3)46(41,42)25-17-18-30(43-5)31(19-25)44-6/h10-19,22,29H,7-9,20-21H2,1-6H3,(H,36,40)/t22-,29+/m1/s1. The molecule has 2 amide bonds. The molecular weight excluding hydrogens is 653 g/mol. The maximum Gasteiger partial charge on any atom is 0.264 e. The number of benzene rings is 3. The number of halogens is 2. The third-order valence-electron chi connectivity index (χ3n) is 7.43. The van der Waals surface area contributed by atoms with Gasteiger partial charge in [-0.2, -0.15) is 0 Å². The Morgan fingerprint density at radius 1 is 0.891 bits per heavy atom. The fourth-order valence-corrected chi connectivity index (χ4v) is 6.67. The number of amides is 2. The molecule has 0 aliphatic rings. The number of nitrogens with one attached hydrogen (secondary N) is 1. The second-order valence-electron chi connectivity index (χ2n) is 10.4. The molecule has 0 saturated carbocycles. The summed E-state index contributed by atoms with van der Waals surface area (Å²) in [6, 6.07) is 14.4. The van der Waals surface area contributed by atoms with E-state index in [0.29, 0.717) is 40.1 Å². The van der Waals surface area contributed by atoms with Crippen LogP contribution < -0.4 is 23.8 Å². The van der Waals surface area contributed by atoms with Gasteiger partial charge in [-0.25, -0.2) is 8.42 Å². The molecule has 0 fully saturated rings. The highest BCUT2D eigenvalue weighted by Gasteiger charge is 2.35. The Hall–Kier alpha value is -3.67. The summed E-state index contributed by atoms with van der Waals surface area (Å²) >= 11 is 13.0. The van der Waals surface area contributed by atoms with E-state index in [-0.39, 0.29) is 41.2 Å². The lowest BCUT2D eigenvalue weighted by Gasteiger charge is -2.34. The van der Waals surface area contributed by atoms with Crippen LogP contribution in [0.2, 0.25) is 10.0 Å². The fourth-order valence-electron chi connectivity index (χ4n) is 4.72. The van der Waals surface area contributed by atoms with Crippen LogP contribution in [-0.4, -0.2) is 64.6 Å². The summed E-state index contributed by atoms with van der Waals surface area (Å²) in [5, 5.41) is 3.56. The summed E-state index contributed by atoms with van der Waals surface area (Å²) < 4.78 is 45.8. The Bertz CT molecular complexity index is 1580. The molecule has 1 N–H and O–H groups in total. The minimum Gasteiger partial charge on any atom is -0.494 e. The number of methoxy groups -OCH3 is 2. The van der Waals surface area contributed by atoms with Gasteiger partial charge in [0.2, 0.25) is 11.8 Å². The first-order chi connectivity index (χ1) is 21.9. The molecule has 0 heterocycles. The number of rotatable bonds is 16. The van der Waals surface area contributed by atoms with E-state index in [4.69, 9.17) is 37.4 Å². The van der Waals surface area contributed by atoms with Crippen LogP contribution in [0.25, 0.3) is 0 Å². The van der Waals surface area contributed by atoms with Crippen LogP contribution in [0.5, 0.6) is 17.2 Å². The van der Waals surface area contributed by atoms with E-state index in [1.54, 1.807) is 49.4 Å². The smallest absolute Gasteiger partial charge is 0.264 e. The fraction of sp³-hybridized carbons (Fsp3) is 0.394. The predicted octanol–water partition coefficient (Wildman–Crippen LogP) is 6.33. The van der Waals surface area contributed by atoms with Gasteiger partial charge < -0.3 is 24.4 Å². The zero-order valence-corrected chi connectivity index (χ0v) is 29.2. The molecule has 13 heteroatoms. The van der Waals surface area contributed by atoms with Gasteiger partial charge in [-0.1, -0.05) is 43.1 Å². The van der Waals surface area contributed by atoms with E-state index in [0.717, 1.165) is 4.31 Å². The number of ether oxygens (including phenoxy) is 3. The van der Waals surface area contributed by atoms with E-state index < -0.39 is 28.5 Å². The number of nitrogens with zero attached hydrogens (tertiary/aromatic N) is 2. The molecule has 250 valence electrons. The average molecular weight is 695 g/mol. The molecule has 46 heavy (non-hydrogen) atoms. The van der Waals surface area contributed by atoms with E-state index in [1.807, 2.05) is 20.8 Å². The van der Waals surface area contributed by atoms with E-state index in [2.05, 4.69) is 5.32 Å². The Morgan fingerprint density at radius 2 is 1.52 bits per heavy atom. The van der Waals surface area contributed by atoms with Gasteiger partial charge in [0.15, 0.2) is 11.5 Å². The van der Waals surface area contributed by atoms with Crippen molar-refractivity contribution in [1.82, 2.24) is 10.2 Å². The van der Waals surface area contributed by atoms with Gasteiger partial charge in [0, 0.05) is 34.3 Å². The Balaban J connectivity index is 2.15. The number of hydrogen-bond acceptors (Lipinski definition) is 7. The second kappa shape index (κ2) is 16.8. The Labute approximate surface area is 281 Å². The molecule has 0 bridgehead atoms. The number of carbonyl (C=O) groups excluding carboxylic acids is 2. The highest BCUT2D eigenvalue weighted by Crippen LogP contribution is 2.33. The van der Waals surface area contributed by atoms with Crippen LogP contribution in [0, 0.1) is 0 Å². The van der Waals surface area contributed by atoms with Crippen molar-refractivity contribution in [2.24, 2.45) is 0 Å². The van der Waals surface area contributed by atoms with Crippen LogP contribution >= 0.6 is 23.2 Å². The molecule has 0 aromatic heterocycles. The maximum absolute atomic E-state index is 14.4. The van der Waals surface area contributed by atoms with Crippen molar-refractivity contribution < 1.29 is 32.2 Å². The topological polar surface area (TPSA) is 114 Å². The number of carbonyl (C=O) groups is 2. The lowest BCUT2D eigenvalue weighted by molar-refractivity contribution is -0.140. The molecule has 3 aromatic rings. The molecule has 3 rings (SSSR count).